The summed E-state index contributed by atoms with van der Waals surface area (Å²) >= 11 is 1.80. The quantitative estimate of drug-likeness (QED) is 0.521. The second kappa shape index (κ2) is 5.96. The molecular formula is C23H21NS. The van der Waals surface area contributed by atoms with Crippen LogP contribution in [0.15, 0.2) is 71.6 Å². The Morgan fingerprint density at radius 3 is 2.92 bits per heavy atom. The molecule has 0 N–H and O–H groups in total. The molecule has 0 spiro atoms. The molecule has 1 nitrogen and oxygen atoms in total. The fourth-order valence-electron chi connectivity index (χ4n) is 3.89. The lowest BCUT2D eigenvalue weighted by molar-refractivity contribution is 0.745. The number of fused-ring (bicyclic) bond motifs is 2. The van der Waals surface area contributed by atoms with Crippen molar-refractivity contribution in [2.75, 3.05) is 0 Å². The summed E-state index contributed by atoms with van der Waals surface area (Å²) < 4.78 is 0. The summed E-state index contributed by atoms with van der Waals surface area (Å²) in [7, 11) is 0. The zero-order chi connectivity index (χ0) is 16.8. The first kappa shape index (κ1) is 15.1. The molecule has 0 aliphatic heterocycles. The predicted molar refractivity (Wildman–Crippen MR) is 107 cm³/mol. The second-order valence-electron chi connectivity index (χ2n) is 7.37. The molecule has 2 aromatic carbocycles. The molecule has 1 saturated carbocycles. The van der Waals surface area contributed by atoms with Crippen molar-refractivity contribution < 1.29 is 0 Å². The van der Waals surface area contributed by atoms with E-state index >= 15 is 0 Å². The third kappa shape index (κ3) is 2.85. The van der Waals surface area contributed by atoms with Crippen LogP contribution >= 0.6 is 11.3 Å². The van der Waals surface area contributed by atoms with Crippen LogP contribution in [-0.4, -0.2) is 4.98 Å². The van der Waals surface area contributed by atoms with E-state index in [-0.39, 0.29) is 0 Å². The van der Waals surface area contributed by atoms with E-state index in [9.17, 15) is 0 Å². The van der Waals surface area contributed by atoms with Crippen LogP contribution in [0.5, 0.6) is 0 Å². The van der Waals surface area contributed by atoms with Gasteiger partial charge in [0.2, 0.25) is 0 Å². The van der Waals surface area contributed by atoms with E-state index in [1.54, 1.807) is 11.3 Å². The molecule has 0 saturated heterocycles. The van der Waals surface area contributed by atoms with E-state index in [2.05, 4.69) is 73.0 Å². The fraction of sp³-hybridized carbons (Fsp3) is 0.261. The lowest BCUT2D eigenvalue weighted by atomic mass is 9.97. The van der Waals surface area contributed by atoms with Crippen molar-refractivity contribution in [3.05, 3.63) is 76.7 Å². The summed E-state index contributed by atoms with van der Waals surface area (Å²) in [5.41, 5.74) is 3.85. The number of nitrogens with zero attached hydrogens (tertiary/aromatic N) is 1. The van der Waals surface area contributed by atoms with Crippen LogP contribution in [0.3, 0.4) is 0 Å². The molecule has 0 amide bonds. The normalized spacial score (nSPS) is 22.5. The smallest absolute Gasteiger partial charge is 0.0964 e. The minimum Gasteiger partial charge on any atom is -0.241 e. The van der Waals surface area contributed by atoms with Crippen LogP contribution in [-0.2, 0) is 0 Å². The van der Waals surface area contributed by atoms with Crippen LogP contribution in [0, 0.1) is 11.8 Å². The summed E-state index contributed by atoms with van der Waals surface area (Å²) in [6, 6.07) is 15.0. The SMILES string of the molecule is CC(CC1=CC2CC2C=C1)c1nc(-c2cccc3ccccc23)cs1. The first-order valence-corrected chi connectivity index (χ1v) is 9.98. The molecule has 5 rings (SSSR count). The van der Waals surface area contributed by atoms with Crippen molar-refractivity contribution >= 4 is 22.1 Å². The van der Waals surface area contributed by atoms with E-state index in [0.717, 1.165) is 24.0 Å². The third-order valence-electron chi connectivity index (χ3n) is 5.43. The zero-order valence-electron chi connectivity index (χ0n) is 14.4. The molecule has 1 heterocycles. The van der Waals surface area contributed by atoms with E-state index in [1.807, 2.05) is 0 Å². The van der Waals surface area contributed by atoms with Gasteiger partial charge in [0.25, 0.3) is 0 Å². The Morgan fingerprint density at radius 2 is 2.00 bits per heavy atom. The van der Waals surface area contributed by atoms with Gasteiger partial charge in [-0.25, -0.2) is 4.98 Å². The predicted octanol–water partition coefficient (Wildman–Crippen LogP) is 6.59. The van der Waals surface area contributed by atoms with Crippen LogP contribution in [0.2, 0.25) is 0 Å². The van der Waals surface area contributed by atoms with Crippen molar-refractivity contribution in [3.8, 4) is 11.3 Å². The standard InChI is InChI=1S/C23H21NS/c1-15(11-16-9-10-18-13-19(18)12-16)23-24-22(14-25-23)21-8-4-6-17-5-2-3-7-20(17)21/h2-10,12,14-15,18-19H,11,13H2,1H3. The number of benzene rings is 2. The summed E-state index contributed by atoms with van der Waals surface area (Å²) in [4.78, 5) is 4.99. The molecule has 2 heteroatoms. The van der Waals surface area contributed by atoms with Crippen LogP contribution < -0.4 is 0 Å². The Labute approximate surface area is 152 Å². The Morgan fingerprint density at radius 1 is 1.12 bits per heavy atom. The van der Waals surface area contributed by atoms with Crippen LogP contribution in [0.4, 0.5) is 0 Å². The maximum atomic E-state index is 4.99. The molecule has 1 fully saturated rings. The molecule has 3 atom stereocenters. The largest absolute Gasteiger partial charge is 0.241 e. The lowest BCUT2D eigenvalue weighted by Gasteiger charge is -2.11. The molecule has 0 radical (unpaired) electrons. The molecule has 3 aromatic rings. The highest BCUT2D eigenvalue weighted by Gasteiger charge is 2.35. The van der Waals surface area contributed by atoms with Gasteiger partial charge in [-0.1, -0.05) is 73.2 Å². The first-order chi connectivity index (χ1) is 12.3. The molecule has 0 bridgehead atoms. The highest BCUT2D eigenvalue weighted by atomic mass is 32.1. The maximum absolute atomic E-state index is 4.99. The number of thiazole rings is 1. The highest BCUT2D eigenvalue weighted by molar-refractivity contribution is 7.10. The Bertz CT molecular complexity index is 989. The van der Waals surface area contributed by atoms with E-state index in [0.29, 0.717) is 5.92 Å². The minimum atomic E-state index is 0.472. The Kier molecular flexibility index (Phi) is 3.60. The minimum absolute atomic E-state index is 0.472. The summed E-state index contributed by atoms with van der Waals surface area (Å²) in [6.07, 6.45) is 9.68. The van der Waals surface area contributed by atoms with Crippen molar-refractivity contribution in [2.45, 2.75) is 25.7 Å². The van der Waals surface area contributed by atoms with Crippen LogP contribution in [0.25, 0.3) is 22.0 Å². The molecule has 2 aliphatic carbocycles. The topological polar surface area (TPSA) is 12.9 Å². The van der Waals surface area contributed by atoms with Gasteiger partial charge in [0.15, 0.2) is 0 Å². The Hall–Kier alpha value is -2.19. The van der Waals surface area contributed by atoms with Crippen molar-refractivity contribution in [2.24, 2.45) is 11.8 Å². The van der Waals surface area contributed by atoms with Crippen molar-refractivity contribution in [3.63, 3.8) is 0 Å². The average molecular weight is 343 g/mol. The van der Waals surface area contributed by atoms with E-state index in [4.69, 9.17) is 4.98 Å². The molecule has 1 aromatic heterocycles. The maximum Gasteiger partial charge on any atom is 0.0964 e. The first-order valence-electron chi connectivity index (χ1n) is 9.10. The van der Waals surface area contributed by atoms with E-state index in [1.165, 1.54) is 33.3 Å². The van der Waals surface area contributed by atoms with Crippen molar-refractivity contribution in [1.82, 2.24) is 4.98 Å². The van der Waals surface area contributed by atoms with Gasteiger partial charge in [0, 0.05) is 16.9 Å². The summed E-state index contributed by atoms with van der Waals surface area (Å²) in [5.74, 6) is 2.14. The number of hydrogen-bond acceptors (Lipinski definition) is 2. The van der Waals surface area contributed by atoms with Gasteiger partial charge in [0.05, 0.1) is 10.7 Å². The summed E-state index contributed by atoms with van der Waals surface area (Å²) in [5, 5.41) is 6.02. The van der Waals surface area contributed by atoms with Crippen molar-refractivity contribution in [1.29, 1.82) is 0 Å². The number of allylic oxidation sites excluding steroid dienone is 4. The Balaban J connectivity index is 1.42. The molecule has 124 valence electrons. The van der Waals surface area contributed by atoms with Gasteiger partial charge < -0.3 is 0 Å². The molecule has 2 aliphatic rings. The fourth-order valence-corrected chi connectivity index (χ4v) is 4.77. The van der Waals surface area contributed by atoms with Gasteiger partial charge in [-0.15, -0.1) is 11.3 Å². The van der Waals surface area contributed by atoms with Gasteiger partial charge in [-0.3, -0.25) is 0 Å². The lowest BCUT2D eigenvalue weighted by Crippen LogP contribution is -1.97. The van der Waals surface area contributed by atoms with Gasteiger partial charge in [-0.05, 0) is 35.4 Å². The number of rotatable bonds is 4. The second-order valence-corrected chi connectivity index (χ2v) is 8.26. The van der Waals surface area contributed by atoms with Gasteiger partial charge in [-0.2, -0.15) is 0 Å². The zero-order valence-corrected chi connectivity index (χ0v) is 15.2. The summed E-state index contributed by atoms with van der Waals surface area (Å²) in [6.45, 7) is 2.30. The monoisotopic (exact) mass is 343 g/mol. The third-order valence-corrected chi connectivity index (χ3v) is 6.50. The van der Waals surface area contributed by atoms with Gasteiger partial charge >= 0.3 is 0 Å². The average Bonchev–Trinajstić information content (AvgIpc) is 3.24. The molecule has 3 unspecified atom stereocenters. The number of aromatic nitrogens is 1. The number of hydrogen-bond donors (Lipinski definition) is 0. The van der Waals surface area contributed by atoms with Crippen LogP contribution in [0.1, 0.15) is 30.7 Å². The molecule has 25 heavy (non-hydrogen) atoms. The van der Waals surface area contributed by atoms with E-state index < -0.39 is 0 Å². The molecular weight excluding hydrogens is 322 g/mol. The van der Waals surface area contributed by atoms with Gasteiger partial charge in [0.1, 0.15) is 0 Å². The highest BCUT2D eigenvalue weighted by Crippen LogP contribution is 2.45.